The summed E-state index contributed by atoms with van der Waals surface area (Å²) in [6.07, 6.45) is 4.26. The molecule has 2 nitrogen and oxygen atoms in total. The number of hydrogen-bond acceptors (Lipinski definition) is 1. The second kappa shape index (κ2) is 6.13. The van der Waals surface area contributed by atoms with E-state index in [0.29, 0.717) is 18.4 Å². The van der Waals surface area contributed by atoms with Crippen LogP contribution in [0.1, 0.15) is 25.3 Å². The summed E-state index contributed by atoms with van der Waals surface area (Å²) >= 11 is 0. The lowest BCUT2D eigenvalue weighted by molar-refractivity contribution is -0.141. The van der Waals surface area contributed by atoms with Crippen LogP contribution in [0.5, 0.6) is 0 Å². The molecule has 17 heavy (non-hydrogen) atoms. The van der Waals surface area contributed by atoms with Crippen LogP contribution in [-0.2, 0) is 4.79 Å². The van der Waals surface area contributed by atoms with Crippen molar-refractivity contribution < 1.29 is 18.7 Å². The SMILES string of the molecule is CC(CC/C=C/c1ccc(F)cc1F)C(=O)O. The summed E-state index contributed by atoms with van der Waals surface area (Å²) in [5.41, 5.74) is 0.300. The molecule has 0 spiro atoms. The number of hydrogen-bond donors (Lipinski definition) is 1. The minimum atomic E-state index is -0.841. The van der Waals surface area contributed by atoms with Crippen LogP contribution in [0.25, 0.3) is 6.08 Å². The first kappa shape index (κ1) is 13.4. The van der Waals surface area contributed by atoms with Crippen LogP contribution in [0, 0.1) is 17.6 Å². The molecular weight excluding hydrogens is 226 g/mol. The molecule has 0 aromatic heterocycles. The van der Waals surface area contributed by atoms with Crippen molar-refractivity contribution in [1.29, 1.82) is 0 Å². The van der Waals surface area contributed by atoms with Crippen LogP contribution in [0.4, 0.5) is 8.78 Å². The Morgan fingerprint density at radius 1 is 1.47 bits per heavy atom. The topological polar surface area (TPSA) is 37.3 Å². The highest BCUT2D eigenvalue weighted by atomic mass is 19.1. The molecule has 92 valence electrons. The average molecular weight is 240 g/mol. The Labute approximate surface area is 98.6 Å². The highest BCUT2D eigenvalue weighted by molar-refractivity contribution is 5.69. The molecule has 1 aromatic carbocycles. The van der Waals surface area contributed by atoms with Gasteiger partial charge in [-0.05, 0) is 25.0 Å². The minimum absolute atomic E-state index is 0.300. The van der Waals surface area contributed by atoms with Crippen LogP contribution < -0.4 is 0 Å². The van der Waals surface area contributed by atoms with Crippen LogP contribution in [0.3, 0.4) is 0 Å². The van der Waals surface area contributed by atoms with Gasteiger partial charge < -0.3 is 5.11 Å². The molecular formula is C13H14F2O2. The molecule has 1 unspecified atom stereocenters. The van der Waals surface area contributed by atoms with E-state index in [0.717, 1.165) is 6.07 Å². The van der Waals surface area contributed by atoms with E-state index < -0.39 is 23.5 Å². The van der Waals surface area contributed by atoms with Gasteiger partial charge in [0.25, 0.3) is 0 Å². The summed E-state index contributed by atoms with van der Waals surface area (Å²) in [5, 5.41) is 8.65. The smallest absolute Gasteiger partial charge is 0.306 e. The van der Waals surface area contributed by atoms with Crippen molar-refractivity contribution >= 4 is 12.0 Å². The monoisotopic (exact) mass is 240 g/mol. The fourth-order valence-electron chi connectivity index (χ4n) is 1.32. The quantitative estimate of drug-likeness (QED) is 0.855. The Balaban J connectivity index is 2.51. The Hall–Kier alpha value is -1.71. The van der Waals surface area contributed by atoms with Gasteiger partial charge in [-0.2, -0.15) is 0 Å². The molecule has 0 saturated heterocycles. The maximum Gasteiger partial charge on any atom is 0.306 e. The molecule has 0 heterocycles. The fraction of sp³-hybridized carbons (Fsp3) is 0.308. The largest absolute Gasteiger partial charge is 0.481 e. The van der Waals surface area contributed by atoms with E-state index in [1.165, 1.54) is 18.2 Å². The Bertz CT molecular complexity index is 427. The van der Waals surface area contributed by atoms with E-state index >= 15 is 0 Å². The van der Waals surface area contributed by atoms with Gasteiger partial charge in [-0.15, -0.1) is 0 Å². The molecule has 0 amide bonds. The maximum absolute atomic E-state index is 13.2. The van der Waals surface area contributed by atoms with Crippen molar-refractivity contribution in [3.63, 3.8) is 0 Å². The van der Waals surface area contributed by atoms with Crippen molar-refractivity contribution in [3.05, 3.63) is 41.5 Å². The van der Waals surface area contributed by atoms with Gasteiger partial charge in [-0.1, -0.05) is 19.1 Å². The standard InChI is InChI=1S/C13H14F2O2/c1-9(13(16)17)4-2-3-5-10-6-7-11(14)8-12(10)15/h3,5-9H,2,4H2,1H3,(H,16,17)/b5-3+. The highest BCUT2D eigenvalue weighted by Gasteiger charge is 2.08. The van der Waals surface area contributed by atoms with Crippen LogP contribution in [0.15, 0.2) is 24.3 Å². The van der Waals surface area contributed by atoms with E-state index in [2.05, 4.69) is 0 Å². The summed E-state index contributed by atoms with van der Waals surface area (Å²) in [5.74, 6) is -2.49. The van der Waals surface area contributed by atoms with E-state index in [1.54, 1.807) is 13.0 Å². The molecule has 0 aliphatic rings. The van der Waals surface area contributed by atoms with Crippen molar-refractivity contribution in [2.45, 2.75) is 19.8 Å². The first-order valence-corrected chi connectivity index (χ1v) is 5.35. The summed E-state index contributed by atoms with van der Waals surface area (Å²) < 4.78 is 25.8. The average Bonchev–Trinajstić information content (AvgIpc) is 2.26. The number of carbonyl (C=O) groups is 1. The van der Waals surface area contributed by atoms with E-state index in [4.69, 9.17) is 5.11 Å². The molecule has 0 fully saturated rings. The number of aliphatic carboxylic acids is 1. The second-order valence-corrected chi connectivity index (χ2v) is 3.88. The Morgan fingerprint density at radius 3 is 2.76 bits per heavy atom. The van der Waals surface area contributed by atoms with Crippen LogP contribution in [-0.4, -0.2) is 11.1 Å². The third-order valence-electron chi connectivity index (χ3n) is 2.45. The van der Waals surface area contributed by atoms with E-state index in [1.807, 2.05) is 0 Å². The van der Waals surface area contributed by atoms with Gasteiger partial charge >= 0.3 is 5.97 Å². The molecule has 1 aromatic rings. The molecule has 0 radical (unpaired) electrons. The summed E-state index contributed by atoms with van der Waals surface area (Å²) in [7, 11) is 0. The molecule has 1 N–H and O–H groups in total. The predicted octanol–water partition coefficient (Wildman–Crippen LogP) is 3.48. The van der Waals surface area contributed by atoms with Gasteiger partial charge in [0.15, 0.2) is 0 Å². The van der Waals surface area contributed by atoms with Gasteiger partial charge in [-0.25, -0.2) is 8.78 Å². The first-order valence-electron chi connectivity index (χ1n) is 5.35. The van der Waals surface area contributed by atoms with E-state index in [9.17, 15) is 13.6 Å². The number of rotatable bonds is 5. The number of halogens is 2. The molecule has 0 bridgehead atoms. The lowest BCUT2D eigenvalue weighted by Crippen LogP contribution is -2.08. The zero-order valence-electron chi connectivity index (χ0n) is 9.49. The molecule has 0 aliphatic carbocycles. The lowest BCUT2D eigenvalue weighted by Gasteiger charge is -2.02. The highest BCUT2D eigenvalue weighted by Crippen LogP contribution is 2.13. The number of benzene rings is 1. The fourth-order valence-corrected chi connectivity index (χ4v) is 1.32. The number of allylic oxidation sites excluding steroid dienone is 1. The van der Waals surface area contributed by atoms with Gasteiger partial charge in [0.1, 0.15) is 11.6 Å². The second-order valence-electron chi connectivity index (χ2n) is 3.88. The first-order chi connectivity index (χ1) is 8.00. The van der Waals surface area contributed by atoms with Gasteiger partial charge in [-0.3, -0.25) is 4.79 Å². The van der Waals surface area contributed by atoms with Gasteiger partial charge in [0.2, 0.25) is 0 Å². The summed E-state index contributed by atoms with van der Waals surface area (Å²) in [4.78, 5) is 10.5. The van der Waals surface area contributed by atoms with Crippen molar-refractivity contribution in [3.8, 4) is 0 Å². The normalized spacial score (nSPS) is 12.9. The molecule has 0 aliphatic heterocycles. The predicted molar refractivity (Wildman–Crippen MR) is 61.4 cm³/mol. The molecule has 1 atom stereocenters. The van der Waals surface area contributed by atoms with Crippen molar-refractivity contribution in [2.75, 3.05) is 0 Å². The Morgan fingerprint density at radius 2 is 2.18 bits per heavy atom. The van der Waals surface area contributed by atoms with Crippen LogP contribution >= 0.6 is 0 Å². The molecule has 1 rings (SSSR count). The van der Waals surface area contributed by atoms with Gasteiger partial charge in [0, 0.05) is 11.6 Å². The number of carboxylic acids is 1. The zero-order valence-corrected chi connectivity index (χ0v) is 9.49. The van der Waals surface area contributed by atoms with Gasteiger partial charge in [0.05, 0.1) is 5.92 Å². The van der Waals surface area contributed by atoms with Crippen LogP contribution in [0.2, 0.25) is 0 Å². The third kappa shape index (κ3) is 4.34. The summed E-state index contributed by atoms with van der Waals surface area (Å²) in [6.45, 7) is 1.62. The third-order valence-corrected chi connectivity index (χ3v) is 2.45. The summed E-state index contributed by atoms with van der Waals surface area (Å²) in [6, 6.07) is 3.35. The zero-order chi connectivity index (χ0) is 12.8. The maximum atomic E-state index is 13.2. The molecule has 0 saturated carbocycles. The number of carboxylic acid groups (broad SMARTS) is 1. The molecule has 4 heteroatoms. The van der Waals surface area contributed by atoms with Crippen molar-refractivity contribution in [1.82, 2.24) is 0 Å². The van der Waals surface area contributed by atoms with E-state index in [-0.39, 0.29) is 0 Å². The van der Waals surface area contributed by atoms with Crippen molar-refractivity contribution in [2.24, 2.45) is 5.92 Å². The minimum Gasteiger partial charge on any atom is -0.481 e. The lowest BCUT2D eigenvalue weighted by atomic mass is 10.1. The Kier molecular flexibility index (Phi) is 4.82.